The molecule has 0 saturated heterocycles. The van der Waals surface area contributed by atoms with E-state index in [0.29, 0.717) is 22.4 Å². The number of anilines is 1. The Bertz CT molecular complexity index is 919. The van der Waals surface area contributed by atoms with Crippen molar-refractivity contribution in [2.24, 2.45) is 0 Å². The Labute approximate surface area is 169 Å². The van der Waals surface area contributed by atoms with Gasteiger partial charge in [0.05, 0.1) is 28.7 Å². The zero-order valence-electron chi connectivity index (χ0n) is 15.6. The van der Waals surface area contributed by atoms with Gasteiger partial charge in [0.25, 0.3) is 11.2 Å². The highest BCUT2D eigenvalue weighted by Crippen LogP contribution is 2.30. The molecule has 0 aliphatic heterocycles. The van der Waals surface area contributed by atoms with Gasteiger partial charge in [-0.15, -0.1) is 0 Å². The van der Waals surface area contributed by atoms with Gasteiger partial charge in [-0.3, -0.25) is 19.7 Å². The minimum atomic E-state index is -0.610. The smallest absolute Gasteiger partial charge is 0.271 e. The Morgan fingerprint density at radius 1 is 1.43 bits per heavy atom. The van der Waals surface area contributed by atoms with Crippen LogP contribution >= 0.6 is 23.5 Å². The first kappa shape index (κ1) is 21.8. The van der Waals surface area contributed by atoms with E-state index in [2.05, 4.69) is 15.3 Å². The fourth-order valence-electron chi connectivity index (χ4n) is 2.18. The Morgan fingerprint density at radius 3 is 2.82 bits per heavy atom. The molecule has 1 atom stereocenters. The lowest BCUT2D eigenvalue weighted by Gasteiger charge is -2.14. The fraction of sp³-hybridized carbons (Fsp3) is 0.353. The zero-order chi connectivity index (χ0) is 20.7. The van der Waals surface area contributed by atoms with Crippen LogP contribution in [0.2, 0.25) is 0 Å². The number of nitro benzene ring substituents is 1. The number of methoxy groups -OCH3 is 1. The molecular formula is C17H20N4O5S2. The van der Waals surface area contributed by atoms with Gasteiger partial charge < -0.3 is 15.0 Å². The van der Waals surface area contributed by atoms with Gasteiger partial charge in [-0.05, 0) is 18.7 Å². The van der Waals surface area contributed by atoms with E-state index in [-0.39, 0.29) is 16.9 Å². The van der Waals surface area contributed by atoms with Crippen molar-refractivity contribution in [3.8, 4) is 5.75 Å². The van der Waals surface area contributed by atoms with Gasteiger partial charge >= 0.3 is 0 Å². The molecule has 0 radical (unpaired) electrons. The van der Waals surface area contributed by atoms with Gasteiger partial charge in [-0.25, -0.2) is 4.98 Å². The molecule has 11 heteroatoms. The maximum absolute atomic E-state index is 12.5. The number of carbonyl (C=O) groups excluding carboxylic acids is 1. The second-order valence-corrected chi connectivity index (χ2v) is 8.17. The second-order valence-electron chi connectivity index (χ2n) is 5.57. The number of nitrogens with one attached hydrogen (secondary N) is 2. The number of hydrogen-bond acceptors (Lipinski definition) is 8. The highest BCUT2D eigenvalue weighted by atomic mass is 32.2. The fourth-order valence-corrected chi connectivity index (χ4v) is 3.57. The van der Waals surface area contributed by atoms with E-state index < -0.39 is 16.1 Å². The van der Waals surface area contributed by atoms with Crippen molar-refractivity contribution in [1.29, 1.82) is 0 Å². The first-order valence-electron chi connectivity index (χ1n) is 8.32. The minimum Gasteiger partial charge on any atom is -0.495 e. The summed E-state index contributed by atoms with van der Waals surface area (Å²) >= 11 is 2.73. The van der Waals surface area contributed by atoms with Crippen LogP contribution in [0.5, 0.6) is 5.75 Å². The van der Waals surface area contributed by atoms with Crippen LogP contribution in [-0.4, -0.2) is 38.9 Å². The standard InChI is InChI=1S/C17H20N4O5S2/c1-4-27-9-11-7-15(22)20-17(18-11)28-10(2)16(23)19-13-8-12(21(24)25)5-6-14(13)26-3/h5-8,10H,4,9H2,1-3H3,(H,19,23)(H,18,20,22). The molecule has 0 aliphatic rings. The van der Waals surface area contributed by atoms with Gasteiger partial charge in [0.15, 0.2) is 5.16 Å². The predicted molar refractivity (Wildman–Crippen MR) is 110 cm³/mol. The summed E-state index contributed by atoms with van der Waals surface area (Å²) < 4.78 is 5.14. The Balaban J connectivity index is 2.13. The Morgan fingerprint density at radius 2 is 2.18 bits per heavy atom. The quantitative estimate of drug-likeness (QED) is 0.272. The lowest BCUT2D eigenvalue weighted by atomic mass is 10.2. The molecule has 0 saturated carbocycles. The zero-order valence-corrected chi connectivity index (χ0v) is 17.2. The third-order valence-corrected chi connectivity index (χ3v) is 5.43. The van der Waals surface area contributed by atoms with Crippen LogP contribution < -0.4 is 15.6 Å². The van der Waals surface area contributed by atoms with Crippen molar-refractivity contribution in [2.75, 3.05) is 18.2 Å². The molecule has 0 spiro atoms. The maximum atomic E-state index is 12.5. The molecule has 0 bridgehead atoms. The molecule has 1 unspecified atom stereocenters. The molecule has 2 aromatic rings. The number of thioether (sulfide) groups is 2. The van der Waals surface area contributed by atoms with Gasteiger partial charge in [-0.1, -0.05) is 18.7 Å². The van der Waals surface area contributed by atoms with Crippen molar-refractivity contribution < 1.29 is 14.5 Å². The van der Waals surface area contributed by atoms with Crippen LogP contribution in [0.15, 0.2) is 34.2 Å². The third-order valence-electron chi connectivity index (χ3n) is 3.54. The average molecular weight is 425 g/mol. The molecule has 9 nitrogen and oxygen atoms in total. The summed E-state index contributed by atoms with van der Waals surface area (Å²) in [6, 6.07) is 5.38. The first-order chi connectivity index (χ1) is 13.3. The van der Waals surface area contributed by atoms with E-state index in [9.17, 15) is 19.7 Å². The van der Waals surface area contributed by atoms with Crippen molar-refractivity contribution in [1.82, 2.24) is 9.97 Å². The van der Waals surface area contributed by atoms with Crippen LogP contribution in [0.1, 0.15) is 19.5 Å². The van der Waals surface area contributed by atoms with E-state index in [4.69, 9.17) is 4.74 Å². The second kappa shape index (κ2) is 10.1. The minimum absolute atomic E-state index is 0.163. The normalized spacial score (nSPS) is 11.7. The number of H-pyrrole nitrogens is 1. The van der Waals surface area contributed by atoms with Gasteiger partial charge in [0.1, 0.15) is 5.75 Å². The monoisotopic (exact) mass is 424 g/mol. The number of carbonyl (C=O) groups is 1. The number of nitro groups is 1. The van der Waals surface area contributed by atoms with Crippen LogP contribution in [0, 0.1) is 10.1 Å². The van der Waals surface area contributed by atoms with E-state index in [0.717, 1.165) is 17.5 Å². The summed E-state index contributed by atoms with van der Waals surface area (Å²) in [6.07, 6.45) is 0. The molecule has 150 valence electrons. The van der Waals surface area contributed by atoms with Crippen molar-refractivity contribution in [3.05, 3.63) is 50.4 Å². The number of aromatic nitrogens is 2. The van der Waals surface area contributed by atoms with Crippen molar-refractivity contribution in [3.63, 3.8) is 0 Å². The maximum Gasteiger partial charge on any atom is 0.271 e. The number of hydrogen-bond donors (Lipinski definition) is 2. The number of aromatic amines is 1. The van der Waals surface area contributed by atoms with Gasteiger partial charge in [-0.2, -0.15) is 11.8 Å². The first-order valence-corrected chi connectivity index (χ1v) is 10.4. The Kier molecular flexibility index (Phi) is 7.88. The molecular weight excluding hydrogens is 404 g/mol. The highest BCUT2D eigenvalue weighted by molar-refractivity contribution is 8.00. The predicted octanol–water partition coefficient (Wildman–Crippen LogP) is 3.06. The van der Waals surface area contributed by atoms with Crippen LogP contribution in [-0.2, 0) is 10.5 Å². The number of non-ortho nitro benzene ring substituents is 1. The SMILES string of the molecule is CCSCc1cc(=O)[nH]c(SC(C)C(=O)Nc2cc([N+](=O)[O-])ccc2OC)n1. The molecule has 0 aliphatic carbocycles. The largest absolute Gasteiger partial charge is 0.495 e. The molecule has 1 amide bonds. The summed E-state index contributed by atoms with van der Waals surface area (Å²) in [6.45, 7) is 3.67. The number of nitrogens with zero attached hydrogens (tertiary/aromatic N) is 2. The van der Waals surface area contributed by atoms with Crippen molar-refractivity contribution in [2.45, 2.75) is 30.0 Å². The van der Waals surface area contributed by atoms with E-state index in [1.54, 1.807) is 18.7 Å². The molecule has 1 aromatic heterocycles. The third kappa shape index (κ3) is 5.99. The van der Waals surface area contributed by atoms with E-state index >= 15 is 0 Å². The van der Waals surface area contributed by atoms with Gasteiger partial charge in [0, 0.05) is 24.0 Å². The van der Waals surface area contributed by atoms with Crippen LogP contribution in [0.4, 0.5) is 11.4 Å². The lowest BCUT2D eigenvalue weighted by Crippen LogP contribution is -2.23. The topological polar surface area (TPSA) is 127 Å². The van der Waals surface area contributed by atoms with E-state index in [1.165, 1.54) is 31.4 Å². The van der Waals surface area contributed by atoms with Crippen molar-refractivity contribution >= 4 is 40.8 Å². The highest BCUT2D eigenvalue weighted by Gasteiger charge is 2.19. The Hall–Kier alpha value is -2.53. The number of amides is 1. The van der Waals surface area contributed by atoms with E-state index in [1.807, 2.05) is 6.92 Å². The van der Waals surface area contributed by atoms with Crippen LogP contribution in [0.3, 0.4) is 0 Å². The summed E-state index contributed by atoms with van der Waals surface area (Å²) in [5, 5.41) is 13.3. The molecule has 28 heavy (non-hydrogen) atoms. The summed E-state index contributed by atoms with van der Waals surface area (Å²) in [5.41, 5.74) is 0.399. The average Bonchev–Trinajstić information content (AvgIpc) is 2.65. The van der Waals surface area contributed by atoms with Crippen LogP contribution in [0.25, 0.3) is 0 Å². The summed E-state index contributed by atoms with van der Waals surface area (Å²) in [7, 11) is 1.41. The number of ether oxygens (including phenoxy) is 1. The molecule has 1 aromatic carbocycles. The number of benzene rings is 1. The van der Waals surface area contributed by atoms with Gasteiger partial charge in [0.2, 0.25) is 5.91 Å². The molecule has 2 N–H and O–H groups in total. The molecule has 1 heterocycles. The number of rotatable bonds is 9. The summed E-state index contributed by atoms with van der Waals surface area (Å²) in [5.74, 6) is 1.42. The molecule has 0 fully saturated rings. The molecule has 2 rings (SSSR count). The lowest BCUT2D eigenvalue weighted by molar-refractivity contribution is -0.384. The summed E-state index contributed by atoms with van der Waals surface area (Å²) in [4.78, 5) is 41.7.